The van der Waals surface area contributed by atoms with Crippen molar-refractivity contribution in [3.63, 3.8) is 0 Å². The van der Waals surface area contributed by atoms with Gasteiger partial charge in [0.2, 0.25) is 0 Å². The molecule has 0 unspecified atom stereocenters. The van der Waals surface area contributed by atoms with Gasteiger partial charge in [0, 0.05) is 16.8 Å². The number of aromatic nitrogens is 3. The molecule has 1 N–H and O–H groups in total. The molecule has 4 rings (SSSR count). The number of nitrogens with zero attached hydrogens (tertiary/aromatic N) is 3. The van der Waals surface area contributed by atoms with Gasteiger partial charge in [-0.3, -0.25) is 0 Å². The van der Waals surface area contributed by atoms with E-state index in [1.54, 1.807) is 33.5 Å². The molecule has 5 nitrogen and oxygen atoms in total. The molecule has 0 aliphatic carbocycles. The van der Waals surface area contributed by atoms with Crippen LogP contribution in [0.4, 0.5) is 0 Å². The van der Waals surface area contributed by atoms with E-state index in [9.17, 15) is 9.90 Å². The average molecular weight is 433 g/mol. The monoisotopic (exact) mass is 432 g/mol. The third kappa shape index (κ3) is 3.28. The van der Waals surface area contributed by atoms with Gasteiger partial charge in [0.1, 0.15) is 6.54 Å². The van der Waals surface area contributed by atoms with E-state index in [-0.39, 0.29) is 17.0 Å². The first-order valence-corrected chi connectivity index (χ1v) is 10.1. The molecule has 28 heavy (non-hydrogen) atoms. The molecular weight excluding hydrogens is 417 g/mol. The van der Waals surface area contributed by atoms with Crippen molar-refractivity contribution in [2.24, 2.45) is 0 Å². The number of fused-ring (bicyclic) bond motifs is 1. The van der Waals surface area contributed by atoms with Crippen LogP contribution in [0.3, 0.4) is 0 Å². The fourth-order valence-electron chi connectivity index (χ4n) is 3.36. The summed E-state index contributed by atoms with van der Waals surface area (Å²) in [6, 6.07) is 9.02. The van der Waals surface area contributed by atoms with Gasteiger partial charge in [-0.05, 0) is 49.2 Å². The van der Waals surface area contributed by atoms with Gasteiger partial charge in [-0.1, -0.05) is 29.3 Å². The van der Waals surface area contributed by atoms with Gasteiger partial charge in [0.15, 0.2) is 10.0 Å². The van der Waals surface area contributed by atoms with E-state index in [1.807, 2.05) is 32.0 Å². The predicted octanol–water partition coefficient (Wildman–Crippen LogP) is 4.39. The van der Waals surface area contributed by atoms with Crippen molar-refractivity contribution in [1.29, 1.82) is 0 Å². The topological polar surface area (TPSA) is 58.5 Å². The van der Waals surface area contributed by atoms with E-state index < -0.39 is 0 Å². The van der Waals surface area contributed by atoms with Crippen molar-refractivity contribution in [2.45, 2.75) is 20.4 Å². The number of thiazole rings is 1. The summed E-state index contributed by atoms with van der Waals surface area (Å²) in [5.74, 6) is -0.120. The quantitative estimate of drug-likeness (QED) is 0.488. The highest BCUT2D eigenvalue weighted by Gasteiger charge is 2.27. The fourth-order valence-corrected chi connectivity index (χ4v) is 4.62. The Bertz CT molecular complexity index is 1260. The first kappa shape index (κ1) is 18.9. The maximum absolute atomic E-state index is 13.2. The van der Waals surface area contributed by atoms with Crippen molar-refractivity contribution in [3.8, 4) is 17.0 Å². The summed E-state index contributed by atoms with van der Waals surface area (Å²) in [6.45, 7) is 4.12. The standard InChI is InChI=1S/C20H15Cl2N3O2S/c1-11-6-13(8-14(21)7-11)16-18(26)24-5-3-4-12(2)17(24)25(19(16)27)10-15-9-23-20(22)28-15/h3-9H,10H2,1-2H3/p+1. The normalized spacial score (nSPS) is 11.3. The molecule has 0 bridgehead atoms. The fraction of sp³-hybridized carbons (Fsp3) is 0.150. The second-order valence-electron chi connectivity index (χ2n) is 6.57. The highest BCUT2D eigenvalue weighted by molar-refractivity contribution is 7.15. The van der Waals surface area contributed by atoms with Crippen LogP contribution in [0, 0.1) is 13.8 Å². The highest BCUT2D eigenvalue weighted by atomic mass is 35.5. The number of rotatable bonds is 3. The summed E-state index contributed by atoms with van der Waals surface area (Å²) in [7, 11) is 0. The Morgan fingerprint density at radius 1 is 1.25 bits per heavy atom. The molecule has 0 saturated heterocycles. The van der Waals surface area contributed by atoms with Gasteiger partial charge in [0.25, 0.3) is 11.5 Å². The van der Waals surface area contributed by atoms with Crippen LogP contribution in [0.25, 0.3) is 16.8 Å². The summed E-state index contributed by atoms with van der Waals surface area (Å²) >= 11 is 13.5. The Morgan fingerprint density at radius 3 is 2.71 bits per heavy atom. The summed E-state index contributed by atoms with van der Waals surface area (Å²) in [4.78, 5) is 18.2. The lowest BCUT2D eigenvalue weighted by molar-refractivity contribution is -0.671. The summed E-state index contributed by atoms with van der Waals surface area (Å²) in [6.07, 6.45) is 3.36. The highest BCUT2D eigenvalue weighted by Crippen LogP contribution is 2.28. The Kier molecular flexibility index (Phi) is 4.87. The van der Waals surface area contributed by atoms with E-state index in [4.69, 9.17) is 23.2 Å². The third-order valence-corrected chi connectivity index (χ3v) is 5.82. The van der Waals surface area contributed by atoms with Crippen LogP contribution < -0.4 is 10.1 Å². The minimum atomic E-state index is -0.309. The first-order chi connectivity index (χ1) is 13.3. The molecule has 3 aromatic heterocycles. The predicted molar refractivity (Wildman–Crippen MR) is 112 cm³/mol. The maximum atomic E-state index is 13.2. The third-order valence-electron chi connectivity index (χ3n) is 4.50. The molecule has 0 radical (unpaired) electrons. The summed E-state index contributed by atoms with van der Waals surface area (Å²) < 4.78 is 3.67. The zero-order chi connectivity index (χ0) is 20.0. The lowest BCUT2D eigenvalue weighted by atomic mass is 10.1. The summed E-state index contributed by atoms with van der Waals surface area (Å²) in [5, 5.41) is 11.7. The molecule has 3 heterocycles. The van der Waals surface area contributed by atoms with Crippen LogP contribution in [0.1, 0.15) is 16.0 Å². The van der Waals surface area contributed by atoms with Crippen LogP contribution in [-0.4, -0.2) is 14.5 Å². The van der Waals surface area contributed by atoms with Gasteiger partial charge in [0.05, 0.1) is 11.1 Å². The van der Waals surface area contributed by atoms with Crippen molar-refractivity contribution in [1.82, 2.24) is 9.38 Å². The molecule has 0 spiro atoms. The van der Waals surface area contributed by atoms with E-state index in [0.717, 1.165) is 16.0 Å². The summed E-state index contributed by atoms with van der Waals surface area (Å²) in [5.41, 5.74) is 2.83. The molecule has 0 saturated carbocycles. The molecule has 1 aromatic carbocycles. The number of aromatic hydroxyl groups is 1. The first-order valence-electron chi connectivity index (χ1n) is 8.49. The van der Waals surface area contributed by atoms with Gasteiger partial charge in [-0.25, -0.2) is 9.78 Å². The lowest BCUT2D eigenvalue weighted by Gasteiger charge is -2.11. The molecule has 0 aliphatic heterocycles. The largest absolute Gasteiger partial charge is 0.477 e. The van der Waals surface area contributed by atoms with Crippen molar-refractivity contribution in [3.05, 3.63) is 78.6 Å². The Balaban J connectivity index is 2.08. The van der Waals surface area contributed by atoms with Crippen molar-refractivity contribution < 1.29 is 9.67 Å². The minimum absolute atomic E-state index is 0.120. The molecule has 4 aromatic rings. The van der Waals surface area contributed by atoms with Crippen molar-refractivity contribution >= 4 is 40.2 Å². The number of benzene rings is 1. The number of halogens is 2. The van der Waals surface area contributed by atoms with Gasteiger partial charge in [-0.15, -0.1) is 11.3 Å². The minimum Gasteiger partial charge on any atom is -0.477 e. The Morgan fingerprint density at radius 2 is 2.04 bits per heavy atom. The van der Waals surface area contributed by atoms with Crippen molar-refractivity contribution in [2.75, 3.05) is 0 Å². The lowest BCUT2D eigenvalue weighted by Crippen LogP contribution is -2.41. The van der Waals surface area contributed by atoms with E-state index >= 15 is 0 Å². The average Bonchev–Trinajstić information content (AvgIpc) is 3.03. The van der Waals surface area contributed by atoms with Gasteiger partial charge < -0.3 is 5.11 Å². The molecule has 8 heteroatoms. The zero-order valence-electron chi connectivity index (χ0n) is 15.1. The molecule has 0 amide bonds. The molecule has 0 fully saturated rings. The molecule has 142 valence electrons. The number of pyridine rings is 1. The van der Waals surface area contributed by atoms with Crippen LogP contribution in [0.2, 0.25) is 9.49 Å². The van der Waals surface area contributed by atoms with Gasteiger partial charge >= 0.3 is 5.56 Å². The SMILES string of the molecule is Cc1cc(Cl)cc(-c2c(O)[n+](Cc3cnc(Cl)s3)c3c(C)cccn3c2=O)c1. The van der Waals surface area contributed by atoms with E-state index in [0.29, 0.717) is 27.2 Å². The van der Waals surface area contributed by atoms with Crippen LogP contribution >= 0.6 is 34.5 Å². The molecule has 0 atom stereocenters. The Hall–Kier alpha value is -2.41. The molecule has 0 aliphatic rings. The second-order valence-corrected chi connectivity index (χ2v) is 8.71. The maximum Gasteiger partial charge on any atom is 0.354 e. The molecular formula is C20H16Cl2N3O2S+. The number of aryl methyl sites for hydroxylation is 2. The van der Waals surface area contributed by atoms with Gasteiger partial charge in [-0.2, -0.15) is 8.97 Å². The number of hydrogen-bond acceptors (Lipinski definition) is 4. The van der Waals surface area contributed by atoms with Crippen LogP contribution in [0.5, 0.6) is 5.88 Å². The van der Waals surface area contributed by atoms with Crippen LogP contribution in [-0.2, 0) is 6.54 Å². The zero-order valence-corrected chi connectivity index (χ0v) is 17.4. The van der Waals surface area contributed by atoms with Crippen LogP contribution in [0.15, 0.2) is 47.5 Å². The second kappa shape index (κ2) is 7.20. The van der Waals surface area contributed by atoms with E-state index in [2.05, 4.69) is 4.98 Å². The number of hydrogen-bond donors (Lipinski definition) is 1. The van der Waals surface area contributed by atoms with E-state index in [1.165, 1.54) is 11.3 Å². The Labute approximate surface area is 175 Å². The smallest absolute Gasteiger partial charge is 0.354 e.